The van der Waals surface area contributed by atoms with Crippen molar-refractivity contribution in [3.8, 4) is 5.75 Å². The van der Waals surface area contributed by atoms with E-state index in [0.717, 1.165) is 12.0 Å². The molecule has 0 aliphatic heterocycles. The van der Waals surface area contributed by atoms with Crippen LogP contribution in [0.3, 0.4) is 0 Å². The summed E-state index contributed by atoms with van der Waals surface area (Å²) in [6.45, 7) is 1.92. The van der Waals surface area contributed by atoms with Crippen LogP contribution in [-0.2, 0) is 18.3 Å². The minimum absolute atomic E-state index is 0.104. The SMILES string of the molecule is CCCC(=O)Nc1ccn(C(=O)N(C)c2cc(C(=O)Nc3ccc(O)cc3CCBr)n(C)c2)c1. The van der Waals surface area contributed by atoms with Crippen LogP contribution in [0.2, 0.25) is 0 Å². The fourth-order valence-electron chi connectivity index (χ4n) is 3.48. The second-order valence-corrected chi connectivity index (χ2v) is 8.67. The van der Waals surface area contributed by atoms with Crippen LogP contribution in [-0.4, -0.2) is 44.5 Å². The van der Waals surface area contributed by atoms with Crippen molar-refractivity contribution in [2.75, 3.05) is 27.9 Å². The third kappa shape index (κ3) is 5.88. The molecule has 2 aromatic heterocycles. The molecule has 0 aliphatic carbocycles. The maximum Gasteiger partial charge on any atom is 0.332 e. The first-order valence-corrected chi connectivity index (χ1v) is 12.0. The Morgan fingerprint density at radius 1 is 1.12 bits per heavy atom. The van der Waals surface area contributed by atoms with Gasteiger partial charge in [-0.3, -0.25) is 19.1 Å². The molecule has 10 heteroatoms. The summed E-state index contributed by atoms with van der Waals surface area (Å²) in [6, 6.07) is 7.75. The monoisotopic (exact) mass is 529 g/mol. The number of amides is 3. The summed E-state index contributed by atoms with van der Waals surface area (Å²) in [5.41, 5.74) is 2.86. The highest BCUT2D eigenvalue weighted by atomic mass is 79.9. The molecule has 0 bridgehead atoms. The predicted molar refractivity (Wildman–Crippen MR) is 136 cm³/mol. The zero-order chi connectivity index (χ0) is 24.8. The van der Waals surface area contributed by atoms with Crippen molar-refractivity contribution in [3.05, 3.63) is 60.2 Å². The number of nitrogens with zero attached hydrogens (tertiary/aromatic N) is 3. The van der Waals surface area contributed by atoms with Crippen molar-refractivity contribution in [1.29, 1.82) is 0 Å². The van der Waals surface area contributed by atoms with Gasteiger partial charge in [-0.15, -0.1) is 0 Å². The molecule has 3 rings (SSSR count). The second-order valence-electron chi connectivity index (χ2n) is 7.88. The van der Waals surface area contributed by atoms with E-state index in [1.165, 1.54) is 15.5 Å². The number of carbonyl (C=O) groups excluding carboxylic acids is 3. The van der Waals surface area contributed by atoms with Crippen LogP contribution >= 0.6 is 15.9 Å². The van der Waals surface area contributed by atoms with Crippen LogP contribution in [0.25, 0.3) is 0 Å². The molecule has 2 heterocycles. The van der Waals surface area contributed by atoms with Crippen LogP contribution in [0.4, 0.5) is 21.9 Å². The van der Waals surface area contributed by atoms with Crippen molar-refractivity contribution in [2.24, 2.45) is 7.05 Å². The second kappa shape index (κ2) is 11.1. The van der Waals surface area contributed by atoms with Crippen LogP contribution in [0.5, 0.6) is 5.75 Å². The van der Waals surface area contributed by atoms with E-state index in [1.54, 1.807) is 61.5 Å². The van der Waals surface area contributed by atoms with E-state index in [4.69, 9.17) is 0 Å². The van der Waals surface area contributed by atoms with Gasteiger partial charge in [-0.05, 0) is 48.7 Å². The Bertz CT molecular complexity index is 1200. The number of carbonyl (C=O) groups is 3. The van der Waals surface area contributed by atoms with Crippen molar-refractivity contribution in [3.63, 3.8) is 0 Å². The minimum atomic E-state index is -0.341. The van der Waals surface area contributed by atoms with Gasteiger partial charge in [-0.25, -0.2) is 4.79 Å². The summed E-state index contributed by atoms with van der Waals surface area (Å²) in [5, 5.41) is 16.1. The Balaban J connectivity index is 1.74. The fourth-order valence-corrected chi connectivity index (χ4v) is 3.90. The standard InChI is InChI=1S/C24H28BrN5O4/c1-4-5-22(32)26-17-9-11-30(14-17)24(34)29(3)18-13-21(28(2)15-18)23(33)27-20-7-6-19(31)12-16(20)8-10-25/h6-7,9,11-15,31H,4-5,8,10H2,1-3H3,(H,26,32)(H,27,33). The zero-order valence-corrected chi connectivity index (χ0v) is 20.9. The van der Waals surface area contributed by atoms with E-state index >= 15 is 0 Å². The average Bonchev–Trinajstić information content (AvgIpc) is 3.41. The predicted octanol–water partition coefficient (Wildman–Crippen LogP) is 4.57. The van der Waals surface area contributed by atoms with E-state index in [-0.39, 0.29) is 23.6 Å². The van der Waals surface area contributed by atoms with Gasteiger partial charge in [0.2, 0.25) is 5.91 Å². The molecule has 0 spiro atoms. The molecule has 34 heavy (non-hydrogen) atoms. The molecule has 0 aliphatic rings. The Morgan fingerprint density at radius 3 is 2.59 bits per heavy atom. The minimum Gasteiger partial charge on any atom is -0.508 e. The average molecular weight is 530 g/mol. The Labute approximate surface area is 206 Å². The number of halogens is 1. The summed E-state index contributed by atoms with van der Waals surface area (Å²) < 4.78 is 3.02. The highest BCUT2D eigenvalue weighted by Crippen LogP contribution is 2.24. The molecule has 0 fully saturated rings. The number of alkyl halides is 1. The first kappa shape index (κ1) is 25.1. The molecule has 3 amide bonds. The largest absolute Gasteiger partial charge is 0.508 e. The number of hydrogen-bond acceptors (Lipinski definition) is 4. The number of benzene rings is 1. The van der Waals surface area contributed by atoms with Crippen LogP contribution in [0.1, 0.15) is 35.8 Å². The van der Waals surface area contributed by atoms with Crippen molar-refractivity contribution < 1.29 is 19.5 Å². The molecule has 1 aromatic carbocycles. The van der Waals surface area contributed by atoms with Gasteiger partial charge in [-0.2, -0.15) is 0 Å². The van der Waals surface area contributed by atoms with Crippen LogP contribution < -0.4 is 15.5 Å². The first-order valence-electron chi connectivity index (χ1n) is 10.8. The number of nitrogens with one attached hydrogen (secondary N) is 2. The van der Waals surface area contributed by atoms with Crippen molar-refractivity contribution >= 4 is 50.8 Å². The topological polar surface area (TPSA) is 109 Å². The summed E-state index contributed by atoms with van der Waals surface area (Å²) >= 11 is 3.38. The molecule has 3 aromatic rings. The lowest BCUT2D eigenvalue weighted by Crippen LogP contribution is -2.29. The smallest absolute Gasteiger partial charge is 0.332 e. The lowest BCUT2D eigenvalue weighted by molar-refractivity contribution is -0.116. The molecule has 0 unspecified atom stereocenters. The molecular weight excluding hydrogens is 502 g/mol. The lowest BCUT2D eigenvalue weighted by Gasteiger charge is -2.15. The maximum atomic E-state index is 13.0. The van der Waals surface area contributed by atoms with Crippen molar-refractivity contribution in [1.82, 2.24) is 9.13 Å². The van der Waals surface area contributed by atoms with Gasteiger partial charge in [-0.1, -0.05) is 22.9 Å². The van der Waals surface area contributed by atoms with E-state index in [0.29, 0.717) is 40.9 Å². The highest BCUT2D eigenvalue weighted by Gasteiger charge is 2.20. The van der Waals surface area contributed by atoms with Gasteiger partial charge in [0.25, 0.3) is 5.91 Å². The Hall–Kier alpha value is -3.53. The lowest BCUT2D eigenvalue weighted by atomic mass is 10.1. The number of aryl methyl sites for hydroxylation is 2. The highest BCUT2D eigenvalue weighted by molar-refractivity contribution is 9.09. The van der Waals surface area contributed by atoms with Gasteiger partial charge < -0.3 is 20.3 Å². The zero-order valence-electron chi connectivity index (χ0n) is 19.3. The third-order valence-corrected chi connectivity index (χ3v) is 5.67. The third-order valence-electron chi connectivity index (χ3n) is 5.27. The molecule has 9 nitrogen and oxygen atoms in total. The van der Waals surface area contributed by atoms with E-state index in [9.17, 15) is 19.5 Å². The summed E-state index contributed by atoms with van der Waals surface area (Å²) in [6.07, 6.45) is 6.61. The molecule has 0 atom stereocenters. The molecular formula is C24H28BrN5O4. The molecule has 0 saturated carbocycles. The Morgan fingerprint density at radius 2 is 1.88 bits per heavy atom. The maximum absolute atomic E-state index is 13.0. The van der Waals surface area contributed by atoms with Gasteiger partial charge in [0, 0.05) is 50.1 Å². The number of aromatic nitrogens is 2. The van der Waals surface area contributed by atoms with E-state index in [1.807, 2.05) is 6.92 Å². The first-order chi connectivity index (χ1) is 16.2. The fraction of sp³-hybridized carbons (Fsp3) is 0.292. The van der Waals surface area contributed by atoms with Gasteiger partial charge in [0.15, 0.2) is 0 Å². The Kier molecular flexibility index (Phi) is 8.17. The van der Waals surface area contributed by atoms with E-state index < -0.39 is 0 Å². The van der Waals surface area contributed by atoms with Gasteiger partial charge in [0.05, 0.1) is 11.4 Å². The van der Waals surface area contributed by atoms with Crippen LogP contribution in [0, 0.1) is 0 Å². The number of aromatic hydroxyl groups is 1. The molecule has 0 radical (unpaired) electrons. The van der Waals surface area contributed by atoms with Gasteiger partial charge >= 0.3 is 6.03 Å². The quantitative estimate of drug-likeness (QED) is 0.293. The molecule has 0 saturated heterocycles. The molecule has 180 valence electrons. The number of hydrogen-bond donors (Lipinski definition) is 3. The number of phenolic OH excluding ortho intramolecular Hbond substituents is 1. The summed E-state index contributed by atoms with van der Waals surface area (Å²) in [5.74, 6) is -0.306. The van der Waals surface area contributed by atoms with Gasteiger partial charge in [0.1, 0.15) is 11.4 Å². The summed E-state index contributed by atoms with van der Waals surface area (Å²) in [7, 11) is 3.34. The van der Waals surface area contributed by atoms with E-state index in [2.05, 4.69) is 26.6 Å². The number of phenols is 1. The van der Waals surface area contributed by atoms with Crippen LogP contribution in [0.15, 0.2) is 48.9 Å². The molecule has 3 N–H and O–H groups in total. The normalized spacial score (nSPS) is 10.7. The van der Waals surface area contributed by atoms with Crippen molar-refractivity contribution in [2.45, 2.75) is 26.2 Å². The number of anilines is 3. The summed E-state index contributed by atoms with van der Waals surface area (Å²) in [4.78, 5) is 39.1. The number of rotatable bonds is 8.